The van der Waals surface area contributed by atoms with E-state index in [0.717, 1.165) is 25.8 Å². The fraction of sp³-hybridized carbons (Fsp3) is 0.529. The number of amides is 1. The molecule has 0 radical (unpaired) electrons. The zero-order chi connectivity index (χ0) is 16.1. The van der Waals surface area contributed by atoms with Gasteiger partial charge in [-0.25, -0.2) is 4.79 Å². The topological polar surface area (TPSA) is 66.8 Å². The number of aliphatic carboxylic acids is 1. The fourth-order valence-electron chi connectivity index (χ4n) is 2.93. The monoisotopic (exact) mass is 305 g/mol. The highest BCUT2D eigenvalue weighted by Gasteiger charge is 2.29. The molecule has 1 heterocycles. The molecule has 5 nitrogen and oxygen atoms in total. The molecule has 1 aliphatic heterocycles. The van der Waals surface area contributed by atoms with Gasteiger partial charge in [0.05, 0.1) is 0 Å². The molecule has 1 aromatic carbocycles. The lowest BCUT2D eigenvalue weighted by Crippen LogP contribution is -2.46. The van der Waals surface area contributed by atoms with Crippen molar-refractivity contribution in [3.05, 3.63) is 29.8 Å². The number of rotatable bonds is 5. The summed E-state index contributed by atoms with van der Waals surface area (Å²) in [4.78, 5) is 25.3. The third-order valence-electron chi connectivity index (χ3n) is 4.02. The van der Waals surface area contributed by atoms with Crippen LogP contribution in [0, 0.1) is 5.92 Å². The Morgan fingerprint density at radius 3 is 2.82 bits per heavy atom. The number of carbonyl (C=O) groups excluding carboxylic acids is 1. The summed E-state index contributed by atoms with van der Waals surface area (Å²) in [5.41, 5.74) is 0.551. The predicted molar refractivity (Wildman–Crippen MR) is 83.1 cm³/mol. The third kappa shape index (κ3) is 4.00. The van der Waals surface area contributed by atoms with Gasteiger partial charge in [0.25, 0.3) is 5.91 Å². The number of hydrogen-bond acceptors (Lipinski definition) is 3. The molecule has 1 aromatic rings. The molecule has 0 bridgehead atoms. The van der Waals surface area contributed by atoms with Crippen LogP contribution in [-0.4, -0.2) is 41.1 Å². The van der Waals surface area contributed by atoms with Gasteiger partial charge in [0.15, 0.2) is 6.61 Å². The Morgan fingerprint density at radius 1 is 1.36 bits per heavy atom. The smallest absolute Gasteiger partial charge is 0.341 e. The molecule has 1 aliphatic rings. The van der Waals surface area contributed by atoms with Crippen molar-refractivity contribution < 1.29 is 19.4 Å². The SMILES string of the molecule is CC(C)C1CCCCN1C(=O)c1cccc(OCC(=O)O)c1. The summed E-state index contributed by atoms with van der Waals surface area (Å²) < 4.78 is 5.15. The first-order valence-electron chi connectivity index (χ1n) is 7.74. The summed E-state index contributed by atoms with van der Waals surface area (Å²) in [6, 6.07) is 7.03. The maximum atomic E-state index is 12.8. The molecule has 1 N–H and O–H groups in total. The minimum absolute atomic E-state index is 0.000764. The number of carboxylic acids is 1. The second-order valence-electron chi connectivity index (χ2n) is 6.02. The Balaban J connectivity index is 2.14. The van der Waals surface area contributed by atoms with Gasteiger partial charge in [0, 0.05) is 18.2 Å². The molecule has 0 aliphatic carbocycles. The molecule has 22 heavy (non-hydrogen) atoms. The molecule has 0 saturated carbocycles. The van der Waals surface area contributed by atoms with E-state index >= 15 is 0 Å². The Kier molecular flexibility index (Phi) is 5.41. The first kappa shape index (κ1) is 16.3. The van der Waals surface area contributed by atoms with Crippen molar-refractivity contribution in [3.63, 3.8) is 0 Å². The van der Waals surface area contributed by atoms with Crippen molar-refractivity contribution in [2.24, 2.45) is 5.92 Å². The van der Waals surface area contributed by atoms with Gasteiger partial charge in [-0.1, -0.05) is 19.9 Å². The van der Waals surface area contributed by atoms with E-state index in [2.05, 4.69) is 13.8 Å². The van der Waals surface area contributed by atoms with Gasteiger partial charge in [-0.05, 0) is 43.4 Å². The first-order valence-corrected chi connectivity index (χ1v) is 7.74. The molecule has 1 unspecified atom stereocenters. The molecule has 2 rings (SSSR count). The summed E-state index contributed by atoms with van der Waals surface area (Å²) in [5, 5.41) is 8.65. The van der Waals surface area contributed by atoms with Crippen molar-refractivity contribution >= 4 is 11.9 Å². The molecular formula is C17H23NO4. The van der Waals surface area contributed by atoms with E-state index in [9.17, 15) is 9.59 Å². The van der Waals surface area contributed by atoms with Crippen LogP contribution in [0.4, 0.5) is 0 Å². The predicted octanol–water partition coefficient (Wildman–Crippen LogP) is 2.80. The summed E-state index contributed by atoms with van der Waals surface area (Å²) in [5.74, 6) is -0.200. The lowest BCUT2D eigenvalue weighted by atomic mass is 9.92. The lowest BCUT2D eigenvalue weighted by Gasteiger charge is -2.38. The second kappa shape index (κ2) is 7.29. The minimum atomic E-state index is -1.03. The normalized spacial score (nSPS) is 18.3. The number of piperidine rings is 1. The quantitative estimate of drug-likeness (QED) is 0.908. The Morgan fingerprint density at radius 2 is 2.14 bits per heavy atom. The van der Waals surface area contributed by atoms with E-state index in [4.69, 9.17) is 9.84 Å². The largest absolute Gasteiger partial charge is 0.482 e. The van der Waals surface area contributed by atoms with Gasteiger partial charge >= 0.3 is 5.97 Å². The molecule has 1 fully saturated rings. The Labute approximate surface area is 130 Å². The van der Waals surface area contributed by atoms with Crippen LogP contribution in [-0.2, 0) is 4.79 Å². The van der Waals surface area contributed by atoms with Gasteiger partial charge in [0.1, 0.15) is 5.75 Å². The molecule has 1 atom stereocenters. The summed E-state index contributed by atoms with van der Waals surface area (Å²) in [6.07, 6.45) is 3.23. The molecule has 5 heteroatoms. The molecule has 120 valence electrons. The number of nitrogens with zero attached hydrogens (tertiary/aromatic N) is 1. The highest BCUT2D eigenvalue weighted by Crippen LogP contribution is 2.25. The van der Waals surface area contributed by atoms with Gasteiger partial charge in [-0.3, -0.25) is 4.79 Å². The average molecular weight is 305 g/mol. The highest BCUT2D eigenvalue weighted by molar-refractivity contribution is 5.95. The van der Waals surface area contributed by atoms with Crippen molar-refractivity contribution in [2.75, 3.05) is 13.2 Å². The number of likely N-dealkylation sites (tertiary alicyclic amines) is 1. The Bertz CT molecular complexity index is 541. The van der Waals surface area contributed by atoms with Crippen LogP contribution in [0.15, 0.2) is 24.3 Å². The van der Waals surface area contributed by atoms with Crippen LogP contribution in [0.2, 0.25) is 0 Å². The standard InChI is InChI=1S/C17H23NO4/c1-12(2)15-8-3-4-9-18(15)17(21)13-6-5-7-14(10-13)22-11-16(19)20/h5-7,10,12,15H,3-4,8-9,11H2,1-2H3,(H,19,20). The van der Waals surface area contributed by atoms with Gasteiger partial charge in [0.2, 0.25) is 0 Å². The number of hydrogen-bond donors (Lipinski definition) is 1. The number of carbonyl (C=O) groups is 2. The molecule has 1 amide bonds. The second-order valence-corrected chi connectivity index (χ2v) is 6.02. The highest BCUT2D eigenvalue weighted by atomic mass is 16.5. The maximum absolute atomic E-state index is 12.8. The zero-order valence-electron chi connectivity index (χ0n) is 13.1. The zero-order valence-corrected chi connectivity index (χ0v) is 13.1. The van der Waals surface area contributed by atoms with Crippen LogP contribution in [0.5, 0.6) is 5.75 Å². The van der Waals surface area contributed by atoms with Crippen LogP contribution < -0.4 is 4.74 Å². The van der Waals surface area contributed by atoms with E-state index in [1.54, 1.807) is 24.3 Å². The minimum Gasteiger partial charge on any atom is -0.482 e. The molecule has 0 spiro atoms. The van der Waals surface area contributed by atoms with Crippen LogP contribution in [0.25, 0.3) is 0 Å². The van der Waals surface area contributed by atoms with Gasteiger partial charge < -0.3 is 14.7 Å². The van der Waals surface area contributed by atoms with E-state index in [-0.39, 0.29) is 11.9 Å². The van der Waals surface area contributed by atoms with Crippen LogP contribution in [0.3, 0.4) is 0 Å². The van der Waals surface area contributed by atoms with E-state index in [1.807, 2.05) is 4.90 Å². The molecular weight excluding hydrogens is 282 g/mol. The summed E-state index contributed by atoms with van der Waals surface area (Å²) >= 11 is 0. The summed E-state index contributed by atoms with van der Waals surface area (Å²) in [6.45, 7) is 4.66. The van der Waals surface area contributed by atoms with Crippen LogP contribution in [0.1, 0.15) is 43.5 Å². The maximum Gasteiger partial charge on any atom is 0.341 e. The average Bonchev–Trinajstić information content (AvgIpc) is 2.52. The van der Waals surface area contributed by atoms with Crippen molar-refractivity contribution in [2.45, 2.75) is 39.2 Å². The molecule has 1 saturated heterocycles. The van der Waals surface area contributed by atoms with E-state index < -0.39 is 12.6 Å². The van der Waals surface area contributed by atoms with E-state index in [0.29, 0.717) is 17.2 Å². The van der Waals surface area contributed by atoms with Gasteiger partial charge in [-0.15, -0.1) is 0 Å². The van der Waals surface area contributed by atoms with Crippen molar-refractivity contribution in [1.29, 1.82) is 0 Å². The van der Waals surface area contributed by atoms with E-state index in [1.165, 1.54) is 0 Å². The fourth-order valence-corrected chi connectivity index (χ4v) is 2.93. The van der Waals surface area contributed by atoms with Gasteiger partial charge in [-0.2, -0.15) is 0 Å². The number of benzene rings is 1. The number of ether oxygens (including phenoxy) is 1. The van der Waals surface area contributed by atoms with Crippen LogP contribution >= 0.6 is 0 Å². The number of carboxylic acid groups (broad SMARTS) is 1. The molecule has 0 aromatic heterocycles. The third-order valence-corrected chi connectivity index (χ3v) is 4.02. The summed E-state index contributed by atoms with van der Waals surface area (Å²) in [7, 11) is 0. The van der Waals surface area contributed by atoms with Crippen molar-refractivity contribution in [3.8, 4) is 5.75 Å². The lowest BCUT2D eigenvalue weighted by molar-refractivity contribution is -0.139. The Hall–Kier alpha value is -2.04. The first-order chi connectivity index (χ1) is 10.5. The van der Waals surface area contributed by atoms with Crippen molar-refractivity contribution in [1.82, 2.24) is 4.90 Å².